The zero-order valence-electron chi connectivity index (χ0n) is 13.3. The number of hydrogen-bond acceptors (Lipinski definition) is 4. The van der Waals surface area contributed by atoms with Gasteiger partial charge < -0.3 is 10.2 Å². The summed E-state index contributed by atoms with van der Waals surface area (Å²) < 4.78 is 1.88. The molecule has 0 radical (unpaired) electrons. The number of benzene rings is 1. The van der Waals surface area contributed by atoms with Gasteiger partial charge in [0.1, 0.15) is 12.7 Å². The van der Waals surface area contributed by atoms with Crippen molar-refractivity contribution in [3.05, 3.63) is 36.9 Å². The first kappa shape index (κ1) is 14.9. The molecule has 0 aliphatic carbocycles. The van der Waals surface area contributed by atoms with Crippen molar-refractivity contribution in [2.24, 2.45) is 0 Å². The Kier molecular flexibility index (Phi) is 4.93. The van der Waals surface area contributed by atoms with E-state index in [9.17, 15) is 0 Å². The van der Waals surface area contributed by atoms with Gasteiger partial charge in [-0.25, -0.2) is 4.98 Å². The van der Waals surface area contributed by atoms with E-state index in [0.717, 1.165) is 13.0 Å². The molecule has 0 bridgehead atoms. The first-order chi connectivity index (χ1) is 10.8. The largest absolute Gasteiger partial charge is 0.382 e. The van der Waals surface area contributed by atoms with E-state index in [0.29, 0.717) is 6.04 Å². The normalized spacial score (nSPS) is 16.5. The molecule has 0 amide bonds. The lowest BCUT2D eigenvalue weighted by Gasteiger charge is -2.29. The van der Waals surface area contributed by atoms with Crippen molar-refractivity contribution in [1.29, 1.82) is 0 Å². The summed E-state index contributed by atoms with van der Waals surface area (Å²) in [6.07, 6.45) is 8.37. The van der Waals surface area contributed by atoms with Crippen molar-refractivity contribution in [2.45, 2.75) is 45.2 Å². The molecule has 1 aromatic carbocycles. The Morgan fingerprint density at radius 2 is 2.09 bits per heavy atom. The van der Waals surface area contributed by atoms with Crippen molar-refractivity contribution in [3.63, 3.8) is 0 Å². The number of rotatable bonds is 6. The van der Waals surface area contributed by atoms with Gasteiger partial charge in [-0.15, -0.1) is 0 Å². The Morgan fingerprint density at radius 1 is 1.23 bits per heavy atom. The number of aryl methyl sites for hydroxylation is 1. The van der Waals surface area contributed by atoms with Crippen molar-refractivity contribution in [2.75, 3.05) is 23.3 Å². The first-order valence-corrected chi connectivity index (χ1v) is 8.25. The van der Waals surface area contributed by atoms with Crippen molar-refractivity contribution >= 4 is 11.4 Å². The van der Waals surface area contributed by atoms with Gasteiger partial charge in [-0.3, -0.25) is 4.68 Å². The second kappa shape index (κ2) is 7.29. The molecule has 118 valence electrons. The third-order valence-electron chi connectivity index (χ3n) is 4.24. The van der Waals surface area contributed by atoms with E-state index in [1.54, 1.807) is 12.7 Å². The summed E-state index contributed by atoms with van der Waals surface area (Å²) >= 11 is 0. The molecule has 22 heavy (non-hydrogen) atoms. The predicted molar refractivity (Wildman–Crippen MR) is 90.2 cm³/mol. The standard InChI is InChI=1S/C17H25N5/c1-15(8-11-22-14-18-13-19-22)20-16-6-5-7-17(12-16)21-9-3-2-4-10-21/h5-7,12-15,20H,2-4,8-11H2,1H3. The molecular weight excluding hydrogens is 274 g/mol. The number of anilines is 2. The van der Waals surface area contributed by atoms with Crippen molar-refractivity contribution in [1.82, 2.24) is 14.8 Å². The van der Waals surface area contributed by atoms with E-state index < -0.39 is 0 Å². The van der Waals surface area contributed by atoms with E-state index in [4.69, 9.17) is 0 Å². The smallest absolute Gasteiger partial charge is 0.137 e. The highest BCUT2D eigenvalue weighted by molar-refractivity contribution is 5.58. The first-order valence-electron chi connectivity index (χ1n) is 8.25. The SMILES string of the molecule is CC(CCn1cncn1)Nc1cccc(N2CCCCC2)c1. The average Bonchev–Trinajstić information content (AvgIpc) is 3.08. The lowest BCUT2D eigenvalue weighted by molar-refractivity contribution is 0.544. The molecule has 2 aromatic rings. The van der Waals surface area contributed by atoms with Gasteiger partial charge >= 0.3 is 0 Å². The summed E-state index contributed by atoms with van der Waals surface area (Å²) in [4.78, 5) is 6.47. The maximum absolute atomic E-state index is 4.14. The fourth-order valence-electron chi connectivity index (χ4n) is 2.98. The fraction of sp³-hybridized carbons (Fsp3) is 0.529. The molecule has 1 aromatic heterocycles. The molecule has 1 aliphatic rings. The third kappa shape index (κ3) is 4.00. The molecule has 1 aliphatic heterocycles. The second-order valence-electron chi connectivity index (χ2n) is 6.09. The third-order valence-corrected chi connectivity index (χ3v) is 4.24. The summed E-state index contributed by atoms with van der Waals surface area (Å²) in [5.74, 6) is 0. The number of aromatic nitrogens is 3. The maximum atomic E-state index is 4.14. The minimum Gasteiger partial charge on any atom is -0.382 e. The molecule has 3 rings (SSSR count). The van der Waals surface area contributed by atoms with E-state index >= 15 is 0 Å². The van der Waals surface area contributed by atoms with Gasteiger partial charge in [0, 0.05) is 37.1 Å². The number of piperidine rings is 1. The number of nitrogens with one attached hydrogen (secondary N) is 1. The van der Waals surface area contributed by atoms with Crippen LogP contribution < -0.4 is 10.2 Å². The van der Waals surface area contributed by atoms with E-state index in [-0.39, 0.29) is 0 Å². The summed E-state index contributed by atoms with van der Waals surface area (Å²) in [6, 6.07) is 9.20. The monoisotopic (exact) mass is 299 g/mol. The Labute approximate surface area is 132 Å². The predicted octanol–water partition coefficient (Wildman–Crippen LogP) is 3.16. The van der Waals surface area contributed by atoms with Gasteiger partial charge in [-0.1, -0.05) is 6.07 Å². The van der Waals surface area contributed by atoms with Crippen LogP contribution in [0.15, 0.2) is 36.9 Å². The van der Waals surface area contributed by atoms with Crippen LogP contribution in [0.3, 0.4) is 0 Å². The molecule has 1 atom stereocenters. The Hall–Kier alpha value is -2.04. The molecule has 1 unspecified atom stereocenters. The average molecular weight is 299 g/mol. The van der Waals surface area contributed by atoms with Crippen LogP contribution in [0.5, 0.6) is 0 Å². The highest BCUT2D eigenvalue weighted by atomic mass is 15.3. The van der Waals surface area contributed by atoms with Crippen LogP contribution in [-0.2, 0) is 6.54 Å². The van der Waals surface area contributed by atoms with Gasteiger partial charge in [-0.05, 0) is 50.8 Å². The van der Waals surface area contributed by atoms with Crippen molar-refractivity contribution in [3.8, 4) is 0 Å². The molecule has 1 fully saturated rings. The Bertz CT molecular complexity index is 560. The van der Waals surface area contributed by atoms with Crippen LogP contribution >= 0.6 is 0 Å². The molecular formula is C17H25N5. The van der Waals surface area contributed by atoms with E-state index in [1.807, 2.05) is 4.68 Å². The minimum atomic E-state index is 0.404. The molecule has 5 nitrogen and oxygen atoms in total. The van der Waals surface area contributed by atoms with Gasteiger partial charge in [0.25, 0.3) is 0 Å². The van der Waals surface area contributed by atoms with E-state index in [2.05, 4.69) is 51.5 Å². The lowest BCUT2D eigenvalue weighted by Crippen LogP contribution is -2.29. The fourth-order valence-corrected chi connectivity index (χ4v) is 2.98. The Morgan fingerprint density at radius 3 is 2.86 bits per heavy atom. The van der Waals surface area contributed by atoms with E-state index in [1.165, 1.54) is 43.7 Å². The highest BCUT2D eigenvalue weighted by Crippen LogP contribution is 2.23. The molecule has 1 saturated heterocycles. The van der Waals surface area contributed by atoms with Crippen LogP contribution in [0.2, 0.25) is 0 Å². The number of nitrogens with zero attached hydrogens (tertiary/aromatic N) is 4. The quantitative estimate of drug-likeness (QED) is 0.890. The molecule has 1 N–H and O–H groups in total. The summed E-state index contributed by atoms with van der Waals surface area (Å²) in [6.45, 7) is 5.47. The van der Waals surface area contributed by atoms with Crippen LogP contribution in [0.4, 0.5) is 11.4 Å². The minimum absolute atomic E-state index is 0.404. The van der Waals surface area contributed by atoms with Crippen LogP contribution in [0.25, 0.3) is 0 Å². The summed E-state index contributed by atoms with van der Waals surface area (Å²) in [7, 11) is 0. The summed E-state index contributed by atoms with van der Waals surface area (Å²) in [5, 5.41) is 7.74. The van der Waals surface area contributed by atoms with Gasteiger partial charge in [0.2, 0.25) is 0 Å². The highest BCUT2D eigenvalue weighted by Gasteiger charge is 2.11. The lowest BCUT2D eigenvalue weighted by atomic mass is 10.1. The topological polar surface area (TPSA) is 46.0 Å². The zero-order chi connectivity index (χ0) is 15.2. The van der Waals surface area contributed by atoms with Crippen LogP contribution in [0.1, 0.15) is 32.6 Å². The van der Waals surface area contributed by atoms with Crippen LogP contribution in [0, 0.1) is 0 Å². The molecule has 5 heteroatoms. The maximum Gasteiger partial charge on any atom is 0.137 e. The second-order valence-corrected chi connectivity index (χ2v) is 6.09. The molecule has 0 spiro atoms. The van der Waals surface area contributed by atoms with Gasteiger partial charge in [0.15, 0.2) is 0 Å². The Balaban J connectivity index is 1.55. The van der Waals surface area contributed by atoms with Crippen molar-refractivity contribution < 1.29 is 0 Å². The van der Waals surface area contributed by atoms with Gasteiger partial charge in [0.05, 0.1) is 0 Å². The number of hydrogen-bond donors (Lipinski definition) is 1. The van der Waals surface area contributed by atoms with Crippen LogP contribution in [-0.4, -0.2) is 33.9 Å². The zero-order valence-corrected chi connectivity index (χ0v) is 13.3. The molecule has 0 saturated carbocycles. The van der Waals surface area contributed by atoms with Gasteiger partial charge in [-0.2, -0.15) is 5.10 Å². The summed E-state index contributed by atoms with van der Waals surface area (Å²) in [5.41, 5.74) is 2.54. The molecule has 2 heterocycles.